The molecule has 1 aromatic heterocycles. The number of carbonyl (C=O) groups excluding carboxylic acids is 2. The third kappa shape index (κ3) is 3.20. The van der Waals surface area contributed by atoms with Gasteiger partial charge >= 0.3 is 0 Å². The molecule has 1 spiro atoms. The summed E-state index contributed by atoms with van der Waals surface area (Å²) < 4.78 is 11.7. The number of likely N-dealkylation sites (tertiary alicyclic amines) is 1. The summed E-state index contributed by atoms with van der Waals surface area (Å²) in [5, 5.41) is 2.15. The first-order valence-corrected chi connectivity index (χ1v) is 11.4. The molecular weight excluding hydrogens is 400 g/mol. The zero-order chi connectivity index (χ0) is 20.7. The largest absolute Gasteiger partial charge is 0.495 e. The quantitative estimate of drug-likeness (QED) is 0.756. The third-order valence-electron chi connectivity index (χ3n) is 6.68. The van der Waals surface area contributed by atoms with Crippen molar-refractivity contribution in [3.63, 3.8) is 0 Å². The average molecular weight is 427 g/mol. The summed E-state index contributed by atoms with van der Waals surface area (Å²) in [5.74, 6) is 0.405. The number of nitrogens with zero attached hydrogens (tertiary/aromatic N) is 2. The third-order valence-corrected chi connectivity index (χ3v) is 7.66. The molecule has 0 N–H and O–H groups in total. The summed E-state index contributed by atoms with van der Waals surface area (Å²) >= 11 is 1.81. The molecule has 158 valence electrons. The van der Waals surface area contributed by atoms with Crippen LogP contribution in [0.5, 0.6) is 5.75 Å². The molecule has 2 aromatic rings. The van der Waals surface area contributed by atoms with Crippen molar-refractivity contribution in [3.05, 3.63) is 46.2 Å². The lowest BCUT2D eigenvalue weighted by molar-refractivity contribution is -0.144. The zero-order valence-corrected chi connectivity index (χ0v) is 18.0. The Kier molecular flexibility index (Phi) is 5.03. The summed E-state index contributed by atoms with van der Waals surface area (Å²) in [6.07, 6.45) is 2.88. The molecule has 3 aliphatic rings. The Balaban J connectivity index is 1.27. The summed E-state index contributed by atoms with van der Waals surface area (Å²) in [6.45, 7) is 2.51. The summed E-state index contributed by atoms with van der Waals surface area (Å²) in [4.78, 5) is 30.9. The average Bonchev–Trinajstić information content (AvgIpc) is 3.41. The molecule has 7 heteroatoms. The van der Waals surface area contributed by atoms with Gasteiger partial charge in [0.1, 0.15) is 5.75 Å². The number of hydrogen-bond donors (Lipinski definition) is 0. The Labute approximate surface area is 180 Å². The minimum Gasteiger partial charge on any atom is -0.495 e. The monoisotopic (exact) mass is 426 g/mol. The highest BCUT2D eigenvalue weighted by Crippen LogP contribution is 2.43. The molecule has 1 unspecified atom stereocenters. The maximum Gasteiger partial charge on any atom is 0.228 e. The van der Waals surface area contributed by atoms with Crippen molar-refractivity contribution in [3.8, 4) is 5.75 Å². The SMILES string of the molecule is COc1ccccc1N1CC(C(=O)N2CCC3(CC2)OCCc2sccc23)CC1=O. The van der Waals surface area contributed by atoms with E-state index in [4.69, 9.17) is 9.47 Å². The normalized spacial score (nSPS) is 23.0. The molecule has 30 heavy (non-hydrogen) atoms. The first-order chi connectivity index (χ1) is 14.6. The van der Waals surface area contributed by atoms with E-state index >= 15 is 0 Å². The molecule has 5 rings (SSSR count). The molecule has 3 aliphatic heterocycles. The van der Waals surface area contributed by atoms with Crippen molar-refractivity contribution in [1.82, 2.24) is 4.90 Å². The van der Waals surface area contributed by atoms with Crippen LogP contribution in [0.1, 0.15) is 29.7 Å². The van der Waals surface area contributed by atoms with E-state index in [0.717, 1.165) is 31.6 Å². The highest BCUT2D eigenvalue weighted by Gasteiger charge is 2.44. The van der Waals surface area contributed by atoms with Crippen LogP contribution in [0.3, 0.4) is 0 Å². The molecule has 1 aromatic carbocycles. The Morgan fingerprint density at radius 1 is 1.23 bits per heavy atom. The molecular formula is C23H26N2O4S. The van der Waals surface area contributed by atoms with E-state index in [1.165, 1.54) is 10.4 Å². The number of para-hydroxylation sites is 2. The Hall–Kier alpha value is -2.38. The standard InChI is InChI=1S/C23H26N2O4S/c1-28-19-5-3-2-4-18(19)25-15-16(14-21(25)26)22(27)24-10-8-23(9-11-24)17-7-13-30-20(17)6-12-29-23/h2-5,7,13,16H,6,8-12,14-15H2,1H3. The van der Waals surface area contributed by atoms with Gasteiger partial charge in [-0.15, -0.1) is 11.3 Å². The van der Waals surface area contributed by atoms with Gasteiger partial charge in [0.25, 0.3) is 0 Å². The Bertz CT molecular complexity index is 964. The predicted octanol–water partition coefficient (Wildman–Crippen LogP) is 3.20. The van der Waals surface area contributed by atoms with E-state index in [0.29, 0.717) is 25.4 Å². The topological polar surface area (TPSA) is 59.1 Å². The molecule has 6 nitrogen and oxygen atoms in total. The van der Waals surface area contributed by atoms with E-state index < -0.39 is 0 Å². The fraction of sp³-hybridized carbons (Fsp3) is 0.478. The number of thiophene rings is 1. The van der Waals surface area contributed by atoms with Crippen molar-refractivity contribution < 1.29 is 19.1 Å². The number of fused-ring (bicyclic) bond motifs is 2. The van der Waals surface area contributed by atoms with Crippen molar-refractivity contribution in [2.24, 2.45) is 5.92 Å². The van der Waals surface area contributed by atoms with Crippen LogP contribution in [0.25, 0.3) is 0 Å². The number of rotatable bonds is 3. The lowest BCUT2D eigenvalue weighted by Gasteiger charge is -2.44. The van der Waals surface area contributed by atoms with E-state index in [2.05, 4.69) is 11.4 Å². The second-order valence-electron chi connectivity index (χ2n) is 8.25. The number of amides is 2. The molecule has 2 fully saturated rings. The van der Waals surface area contributed by atoms with Crippen molar-refractivity contribution >= 4 is 28.8 Å². The van der Waals surface area contributed by atoms with Crippen LogP contribution in [-0.2, 0) is 26.3 Å². The van der Waals surface area contributed by atoms with Gasteiger partial charge in [0.2, 0.25) is 11.8 Å². The summed E-state index contributed by atoms with van der Waals surface area (Å²) in [7, 11) is 1.60. The number of benzene rings is 1. The van der Waals surface area contributed by atoms with Gasteiger partial charge in [-0.05, 0) is 42.0 Å². The van der Waals surface area contributed by atoms with Crippen LogP contribution in [0.2, 0.25) is 0 Å². The molecule has 0 radical (unpaired) electrons. The minimum absolute atomic E-state index is 0.0233. The molecule has 2 amide bonds. The predicted molar refractivity (Wildman–Crippen MR) is 115 cm³/mol. The van der Waals surface area contributed by atoms with Crippen molar-refractivity contribution in [2.45, 2.75) is 31.3 Å². The Morgan fingerprint density at radius 2 is 2.03 bits per heavy atom. The van der Waals surface area contributed by atoms with Gasteiger partial charge in [-0.1, -0.05) is 12.1 Å². The van der Waals surface area contributed by atoms with E-state index in [-0.39, 0.29) is 29.8 Å². The molecule has 4 heterocycles. The summed E-state index contributed by atoms with van der Waals surface area (Å²) in [6, 6.07) is 9.66. The number of methoxy groups -OCH3 is 1. The van der Waals surface area contributed by atoms with Crippen molar-refractivity contribution in [2.75, 3.05) is 38.3 Å². The lowest BCUT2D eigenvalue weighted by atomic mass is 9.82. The van der Waals surface area contributed by atoms with Crippen LogP contribution in [0.4, 0.5) is 5.69 Å². The summed E-state index contributed by atoms with van der Waals surface area (Å²) in [5.41, 5.74) is 1.82. The van der Waals surface area contributed by atoms with Crippen LogP contribution < -0.4 is 9.64 Å². The first kappa shape index (κ1) is 19.6. The molecule has 1 atom stereocenters. The van der Waals surface area contributed by atoms with E-state index in [1.807, 2.05) is 40.5 Å². The Morgan fingerprint density at radius 3 is 2.83 bits per heavy atom. The molecule has 0 saturated carbocycles. The van der Waals surface area contributed by atoms with Gasteiger partial charge < -0.3 is 19.3 Å². The van der Waals surface area contributed by atoms with Gasteiger partial charge in [0, 0.05) is 37.4 Å². The number of carbonyl (C=O) groups is 2. The second kappa shape index (κ2) is 7.71. The number of anilines is 1. The molecule has 2 saturated heterocycles. The highest BCUT2D eigenvalue weighted by atomic mass is 32.1. The van der Waals surface area contributed by atoms with Crippen LogP contribution in [0.15, 0.2) is 35.7 Å². The van der Waals surface area contributed by atoms with Crippen LogP contribution in [-0.4, -0.2) is 50.1 Å². The van der Waals surface area contributed by atoms with Gasteiger partial charge in [-0.2, -0.15) is 0 Å². The maximum atomic E-state index is 13.2. The number of piperidine rings is 1. The maximum absolute atomic E-state index is 13.2. The highest BCUT2D eigenvalue weighted by molar-refractivity contribution is 7.10. The first-order valence-electron chi connectivity index (χ1n) is 10.5. The van der Waals surface area contributed by atoms with Crippen molar-refractivity contribution in [1.29, 1.82) is 0 Å². The molecule has 0 aliphatic carbocycles. The van der Waals surface area contributed by atoms with Crippen LogP contribution >= 0.6 is 11.3 Å². The fourth-order valence-corrected chi connectivity index (χ4v) is 6.03. The second-order valence-corrected chi connectivity index (χ2v) is 9.25. The minimum atomic E-state index is -0.305. The van der Waals surface area contributed by atoms with Crippen LogP contribution in [0, 0.1) is 5.92 Å². The van der Waals surface area contributed by atoms with Gasteiger partial charge in [0.05, 0.1) is 30.9 Å². The van der Waals surface area contributed by atoms with E-state index in [1.54, 1.807) is 12.0 Å². The lowest BCUT2D eigenvalue weighted by Crippen LogP contribution is -2.49. The zero-order valence-electron chi connectivity index (χ0n) is 17.1. The number of ether oxygens (including phenoxy) is 2. The number of hydrogen-bond acceptors (Lipinski definition) is 5. The van der Waals surface area contributed by atoms with Gasteiger partial charge in [-0.25, -0.2) is 0 Å². The van der Waals surface area contributed by atoms with E-state index in [9.17, 15) is 9.59 Å². The van der Waals surface area contributed by atoms with Gasteiger partial charge in [-0.3, -0.25) is 9.59 Å². The molecule has 0 bridgehead atoms. The fourth-order valence-electron chi connectivity index (χ4n) is 5.08. The van der Waals surface area contributed by atoms with Gasteiger partial charge in [0.15, 0.2) is 0 Å². The smallest absolute Gasteiger partial charge is 0.228 e.